The van der Waals surface area contributed by atoms with Crippen molar-refractivity contribution >= 4 is 5.91 Å². The van der Waals surface area contributed by atoms with E-state index in [2.05, 4.69) is 0 Å². The van der Waals surface area contributed by atoms with Crippen LogP contribution in [0.2, 0.25) is 0 Å². The minimum atomic E-state index is -0.213. The van der Waals surface area contributed by atoms with Crippen molar-refractivity contribution < 1.29 is 4.79 Å². The van der Waals surface area contributed by atoms with Gasteiger partial charge >= 0.3 is 0 Å². The van der Waals surface area contributed by atoms with Gasteiger partial charge in [-0.05, 0) is 12.8 Å². The SMILES string of the molecule is CC[CH]CCC(N)=O. The summed E-state index contributed by atoms with van der Waals surface area (Å²) in [4.78, 5) is 10.1. The summed E-state index contributed by atoms with van der Waals surface area (Å²) in [5.74, 6) is -0.213. The number of carbonyl (C=O) groups excluding carboxylic acids is 1. The standard InChI is InChI=1S/C6H12NO/c1-2-3-4-5-6(7)8/h3H,2,4-5H2,1H3,(H2,7,8). The Bertz CT molecular complexity index is 70.9. The average Bonchev–Trinajstić information content (AvgIpc) is 1.66. The molecule has 2 nitrogen and oxygen atoms in total. The molecule has 0 atom stereocenters. The fraction of sp³-hybridized carbons (Fsp3) is 0.667. The molecular formula is C6H12NO. The number of hydrogen-bond acceptors (Lipinski definition) is 1. The first-order valence-corrected chi connectivity index (χ1v) is 2.87. The molecule has 0 rings (SSSR count). The van der Waals surface area contributed by atoms with Gasteiger partial charge in [0.05, 0.1) is 0 Å². The fourth-order valence-electron chi connectivity index (χ4n) is 0.448. The van der Waals surface area contributed by atoms with Gasteiger partial charge < -0.3 is 5.73 Å². The highest BCUT2D eigenvalue weighted by atomic mass is 16.1. The molecule has 0 spiro atoms. The molecule has 0 saturated heterocycles. The van der Waals surface area contributed by atoms with E-state index in [1.54, 1.807) is 0 Å². The molecular weight excluding hydrogens is 102 g/mol. The molecule has 0 bridgehead atoms. The smallest absolute Gasteiger partial charge is 0.217 e. The van der Waals surface area contributed by atoms with Gasteiger partial charge in [0.15, 0.2) is 0 Å². The van der Waals surface area contributed by atoms with Crippen LogP contribution in [0.25, 0.3) is 0 Å². The molecule has 2 heteroatoms. The summed E-state index contributed by atoms with van der Waals surface area (Å²) in [6.07, 6.45) is 4.39. The summed E-state index contributed by atoms with van der Waals surface area (Å²) in [5.41, 5.74) is 4.87. The van der Waals surface area contributed by atoms with Crippen molar-refractivity contribution in [1.82, 2.24) is 0 Å². The predicted molar refractivity (Wildman–Crippen MR) is 33.0 cm³/mol. The molecule has 47 valence electrons. The third-order valence-electron chi connectivity index (χ3n) is 0.884. The van der Waals surface area contributed by atoms with Crippen LogP contribution < -0.4 is 5.73 Å². The van der Waals surface area contributed by atoms with E-state index in [0.717, 1.165) is 12.8 Å². The number of amides is 1. The molecule has 2 N–H and O–H groups in total. The monoisotopic (exact) mass is 114 g/mol. The number of unbranched alkanes of at least 4 members (excludes halogenated alkanes) is 2. The summed E-state index contributed by atoms with van der Waals surface area (Å²) in [5, 5.41) is 0. The zero-order valence-corrected chi connectivity index (χ0v) is 5.18. The number of primary amides is 1. The van der Waals surface area contributed by atoms with E-state index in [-0.39, 0.29) is 5.91 Å². The van der Waals surface area contributed by atoms with Gasteiger partial charge in [-0.3, -0.25) is 4.79 Å². The highest BCUT2D eigenvalue weighted by Crippen LogP contribution is 1.94. The van der Waals surface area contributed by atoms with Crippen LogP contribution in [-0.2, 0) is 4.79 Å². The van der Waals surface area contributed by atoms with Crippen LogP contribution in [0, 0.1) is 6.42 Å². The van der Waals surface area contributed by atoms with Crippen LogP contribution in [0.3, 0.4) is 0 Å². The Kier molecular flexibility index (Phi) is 4.32. The van der Waals surface area contributed by atoms with Crippen LogP contribution in [0.5, 0.6) is 0 Å². The Balaban J connectivity index is 2.82. The molecule has 0 saturated carbocycles. The van der Waals surface area contributed by atoms with Crippen molar-refractivity contribution in [3.63, 3.8) is 0 Å². The van der Waals surface area contributed by atoms with E-state index in [0.29, 0.717) is 6.42 Å². The van der Waals surface area contributed by atoms with E-state index in [1.165, 1.54) is 0 Å². The highest BCUT2D eigenvalue weighted by Gasteiger charge is 1.90. The molecule has 1 radical (unpaired) electrons. The molecule has 0 heterocycles. The zero-order valence-electron chi connectivity index (χ0n) is 5.18. The third kappa shape index (κ3) is 5.47. The number of carbonyl (C=O) groups is 1. The molecule has 0 aromatic heterocycles. The van der Waals surface area contributed by atoms with Gasteiger partial charge in [0.1, 0.15) is 0 Å². The van der Waals surface area contributed by atoms with Gasteiger partial charge in [0.25, 0.3) is 0 Å². The Morgan fingerprint density at radius 3 is 2.75 bits per heavy atom. The van der Waals surface area contributed by atoms with Gasteiger partial charge in [-0.1, -0.05) is 13.3 Å². The summed E-state index contributed by atoms with van der Waals surface area (Å²) in [6.45, 7) is 2.04. The normalized spacial score (nSPS) is 9.12. The lowest BCUT2D eigenvalue weighted by Gasteiger charge is -1.90. The second-order valence-corrected chi connectivity index (χ2v) is 1.70. The van der Waals surface area contributed by atoms with Crippen LogP contribution in [0.15, 0.2) is 0 Å². The fourth-order valence-corrected chi connectivity index (χ4v) is 0.448. The van der Waals surface area contributed by atoms with Crippen LogP contribution in [0.4, 0.5) is 0 Å². The van der Waals surface area contributed by atoms with Crippen molar-refractivity contribution in [3.8, 4) is 0 Å². The maximum absolute atomic E-state index is 10.1. The first kappa shape index (κ1) is 7.47. The lowest BCUT2D eigenvalue weighted by molar-refractivity contribution is -0.118. The van der Waals surface area contributed by atoms with E-state index in [4.69, 9.17) is 5.73 Å². The molecule has 0 fully saturated rings. The number of hydrogen-bond donors (Lipinski definition) is 1. The number of rotatable bonds is 4. The van der Waals surface area contributed by atoms with Crippen molar-refractivity contribution in [1.29, 1.82) is 0 Å². The minimum absolute atomic E-state index is 0.213. The predicted octanol–water partition coefficient (Wildman–Crippen LogP) is 0.866. The van der Waals surface area contributed by atoms with Crippen molar-refractivity contribution in [2.75, 3.05) is 0 Å². The van der Waals surface area contributed by atoms with Crippen LogP contribution >= 0.6 is 0 Å². The molecule has 1 amide bonds. The zero-order chi connectivity index (χ0) is 6.41. The maximum Gasteiger partial charge on any atom is 0.217 e. The first-order chi connectivity index (χ1) is 3.77. The minimum Gasteiger partial charge on any atom is -0.370 e. The average molecular weight is 114 g/mol. The summed E-state index contributed by atoms with van der Waals surface area (Å²) >= 11 is 0. The molecule has 0 aliphatic heterocycles. The maximum atomic E-state index is 10.1. The van der Waals surface area contributed by atoms with E-state index < -0.39 is 0 Å². The van der Waals surface area contributed by atoms with Gasteiger partial charge in [-0.25, -0.2) is 0 Å². The largest absolute Gasteiger partial charge is 0.370 e. The Labute approximate surface area is 50.1 Å². The van der Waals surface area contributed by atoms with Crippen LogP contribution in [0.1, 0.15) is 26.2 Å². The molecule has 0 unspecified atom stereocenters. The molecule has 0 aliphatic carbocycles. The topological polar surface area (TPSA) is 43.1 Å². The molecule has 8 heavy (non-hydrogen) atoms. The van der Waals surface area contributed by atoms with Crippen molar-refractivity contribution in [2.45, 2.75) is 26.2 Å². The molecule has 0 aromatic carbocycles. The lowest BCUT2D eigenvalue weighted by Crippen LogP contribution is -2.09. The van der Waals surface area contributed by atoms with E-state index >= 15 is 0 Å². The highest BCUT2D eigenvalue weighted by molar-refractivity contribution is 5.73. The van der Waals surface area contributed by atoms with E-state index in [9.17, 15) is 4.79 Å². The van der Waals surface area contributed by atoms with Crippen molar-refractivity contribution in [2.24, 2.45) is 5.73 Å². The second kappa shape index (κ2) is 4.62. The van der Waals surface area contributed by atoms with Gasteiger partial charge in [0, 0.05) is 6.42 Å². The van der Waals surface area contributed by atoms with Crippen LogP contribution in [-0.4, -0.2) is 5.91 Å². The lowest BCUT2D eigenvalue weighted by atomic mass is 10.2. The van der Waals surface area contributed by atoms with Gasteiger partial charge in [-0.15, -0.1) is 0 Å². The second-order valence-electron chi connectivity index (χ2n) is 1.70. The van der Waals surface area contributed by atoms with Gasteiger partial charge in [-0.2, -0.15) is 0 Å². The summed E-state index contributed by atoms with van der Waals surface area (Å²) in [6, 6.07) is 0. The van der Waals surface area contributed by atoms with Crippen molar-refractivity contribution in [3.05, 3.63) is 6.42 Å². The summed E-state index contributed by atoms with van der Waals surface area (Å²) < 4.78 is 0. The molecule has 0 aromatic rings. The number of nitrogens with two attached hydrogens (primary N) is 1. The quantitative estimate of drug-likeness (QED) is 0.541. The third-order valence-corrected chi connectivity index (χ3v) is 0.884. The van der Waals surface area contributed by atoms with E-state index in [1.807, 2.05) is 13.3 Å². The Morgan fingerprint density at radius 2 is 2.38 bits per heavy atom. The Hall–Kier alpha value is -0.530. The first-order valence-electron chi connectivity index (χ1n) is 2.87. The summed E-state index contributed by atoms with van der Waals surface area (Å²) in [7, 11) is 0. The Morgan fingerprint density at radius 1 is 1.75 bits per heavy atom. The molecule has 0 aliphatic rings. The van der Waals surface area contributed by atoms with Gasteiger partial charge in [0.2, 0.25) is 5.91 Å².